The first kappa shape index (κ1) is 20.3. The molecule has 27 heavy (non-hydrogen) atoms. The molecule has 1 amide bonds. The maximum atomic E-state index is 12.7. The average Bonchev–Trinajstić information content (AvgIpc) is 3.20. The maximum Gasteiger partial charge on any atom is 0.224 e. The second-order valence-electron chi connectivity index (χ2n) is 7.48. The number of aryl methyl sites for hydroxylation is 1. The Morgan fingerprint density at radius 1 is 1.19 bits per heavy atom. The van der Waals surface area contributed by atoms with Gasteiger partial charge in [0.2, 0.25) is 15.9 Å². The van der Waals surface area contributed by atoms with E-state index in [2.05, 4.69) is 5.32 Å². The molecule has 0 saturated carbocycles. The second kappa shape index (κ2) is 9.66. The van der Waals surface area contributed by atoms with Crippen molar-refractivity contribution < 1.29 is 17.9 Å². The van der Waals surface area contributed by atoms with Gasteiger partial charge >= 0.3 is 0 Å². The smallest absolute Gasteiger partial charge is 0.224 e. The van der Waals surface area contributed by atoms with Crippen molar-refractivity contribution in [1.82, 2.24) is 9.62 Å². The van der Waals surface area contributed by atoms with Gasteiger partial charge in [0.05, 0.1) is 17.8 Å². The van der Waals surface area contributed by atoms with E-state index in [1.165, 1.54) is 4.31 Å². The highest BCUT2D eigenvalue weighted by Crippen LogP contribution is 2.21. The normalized spacial score (nSPS) is 24.0. The minimum Gasteiger partial charge on any atom is -0.376 e. The van der Waals surface area contributed by atoms with Gasteiger partial charge in [0.1, 0.15) is 0 Å². The molecule has 1 aromatic carbocycles. The van der Waals surface area contributed by atoms with Crippen LogP contribution in [0.15, 0.2) is 30.3 Å². The van der Waals surface area contributed by atoms with Crippen LogP contribution in [0.2, 0.25) is 0 Å². The predicted molar refractivity (Wildman–Crippen MR) is 105 cm³/mol. The fourth-order valence-electron chi connectivity index (χ4n) is 3.81. The van der Waals surface area contributed by atoms with Crippen molar-refractivity contribution in [2.75, 3.05) is 32.0 Å². The highest BCUT2D eigenvalue weighted by atomic mass is 32.2. The lowest BCUT2D eigenvalue weighted by atomic mass is 9.99. The summed E-state index contributed by atoms with van der Waals surface area (Å²) in [5.74, 6) is -0.176. The van der Waals surface area contributed by atoms with Gasteiger partial charge in [-0.1, -0.05) is 30.3 Å². The predicted octanol–water partition coefficient (Wildman–Crippen LogP) is 1.96. The van der Waals surface area contributed by atoms with E-state index < -0.39 is 10.0 Å². The number of sulfonamides is 1. The number of hydrogen-bond donors (Lipinski definition) is 1. The lowest BCUT2D eigenvalue weighted by molar-refractivity contribution is -0.126. The Morgan fingerprint density at radius 3 is 2.74 bits per heavy atom. The number of hydrogen-bond acceptors (Lipinski definition) is 4. The summed E-state index contributed by atoms with van der Waals surface area (Å²) in [6.45, 7) is 2.10. The zero-order valence-electron chi connectivity index (χ0n) is 15.8. The zero-order valence-corrected chi connectivity index (χ0v) is 16.6. The second-order valence-corrected chi connectivity index (χ2v) is 9.57. The van der Waals surface area contributed by atoms with E-state index in [-0.39, 0.29) is 23.7 Å². The van der Waals surface area contributed by atoms with Crippen molar-refractivity contribution in [3.63, 3.8) is 0 Å². The van der Waals surface area contributed by atoms with Crippen LogP contribution in [-0.4, -0.2) is 56.7 Å². The standard InChI is InChI=1S/C20H30N2O4S/c23-20(21-15-19-11-5-13-26-19)18-10-4-12-22(16-18)27(24,25)14-6-9-17-7-2-1-3-8-17/h1-3,7-8,18-19H,4-6,9-16H2,(H,21,23)/t18-,19-/m0/s1. The van der Waals surface area contributed by atoms with Gasteiger partial charge in [-0.05, 0) is 44.1 Å². The molecule has 0 radical (unpaired) electrons. The Hall–Kier alpha value is -1.44. The van der Waals surface area contributed by atoms with Gasteiger partial charge in [0.15, 0.2) is 0 Å². The Labute approximate surface area is 162 Å². The number of piperidine rings is 1. The third-order valence-corrected chi connectivity index (χ3v) is 7.31. The van der Waals surface area contributed by atoms with Crippen LogP contribution in [0.5, 0.6) is 0 Å². The first-order valence-corrected chi connectivity index (χ1v) is 11.6. The van der Waals surface area contributed by atoms with Gasteiger partial charge in [-0.3, -0.25) is 4.79 Å². The molecule has 2 atom stereocenters. The molecular formula is C20H30N2O4S. The van der Waals surface area contributed by atoms with Crippen molar-refractivity contribution >= 4 is 15.9 Å². The van der Waals surface area contributed by atoms with Crippen LogP contribution in [0.4, 0.5) is 0 Å². The first-order chi connectivity index (χ1) is 13.0. The summed E-state index contributed by atoms with van der Waals surface area (Å²) in [7, 11) is -3.32. The number of amides is 1. The molecule has 2 fully saturated rings. The number of nitrogens with one attached hydrogen (secondary N) is 1. The summed E-state index contributed by atoms with van der Waals surface area (Å²) in [4.78, 5) is 12.4. The molecule has 0 bridgehead atoms. The van der Waals surface area contributed by atoms with Crippen molar-refractivity contribution in [3.8, 4) is 0 Å². The van der Waals surface area contributed by atoms with E-state index in [4.69, 9.17) is 4.74 Å². The average molecular weight is 395 g/mol. The van der Waals surface area contributed by atoms with Gasteiger partial charge in [0, 0.05) is 26.2 Å². The van der Waals surface area contributed by atoms with E-state index in [0.29, 0.717) is 26.1 Å². The number of carbonyl (C=O) groups excluding carboxylic acids is 1. The summed E-state index contributed by atoms with van der Waals surface area (Å²) >= 11 is 0. The third kappa shape index (κ3) is 6.02. The summed E-state index contributed by atoms with van der Waals surface area (Å²) in [5.41, 5.74) is 1.15. The molecule has 2 aliphatic heterocycles. The molecule has 0 unspecified atom stereocenters. The van der Waals surface area contributed by atoms with E-state index in [0.717, 1.165) is 44.3 Å². The van der Waals surface area contributed by atoms with Crippen LogP contribution in [0.1, 0.15) is 37.7 Å². The highest BCUT2D eigenvalue weighted by Gasteiger charge is 2.32. The maximum absolute atomic E-state index is 12.7. The van der Waals surface area contributed by atoms with Crippen molar-refractivity contribution in [2.24, 2.45) is 5.92 Å². The Balaban J connectivity index is 1.46. The van der Waals surface area contributed by atoms with E-state index in [1.807, 2.05) is 30.3 Å². The van der Waals surface area contributed by atoms with Gasteiger partial charge < -0.3 is 10.1 Å². The minimum atomic E-state index is -3.32. The van der Waals surface area contributed by atoms with Crippen LogP contribution in [0.25, 0.3) is 0 Å². The summed E-state index contributed by atoms with van der Waals surface area (Å²) in [5, 5.41) is 2.95. The third-order valence-electron chi connectivity index (χ3n) is 5.39. The summed E-state index contributed by atoms with van der Waals surface area (Å²) in [6.07, 6.45) is 4.95. The minimum absolute atomic E-state index is 0.0466. The fourth-order valence-corrected chi connectivity index (χ4v) is 5.39. The SMILES string of the molecule is O=C(NC[C@@H]1CCCO1)[C@H]1CCCN(S(=O)(=O)CCCc2ccccc2)C1. The summed E-state index contributed by atoms with van der Waals surface area (Å²) in [6, 6.07) is 9.92. The van der Waals surface area contributed by atoms with Crippen LogP contribution >= 0.6 is 0 Å². The molecule has 0 aromatic heterocycles. The van der Waals surface area contributed by atoms with Gasteiger partial charge in [-0.25, -0.2) is 12.7 Å². The van der Waals surface area contributed by atoms with E-state index in [1.54, 1.807) is 0 Å². The van der Waals surface area contributed by atoms with Gasteiger partial charge in [-0.15, -0.1) is 0 Å². The van der Waals surface area contributed by atoms with Gasteiger partial charge in [0.25, 0.3) is 0 Å². The number of rotatable bonds is 8. The Morgan fingerprint density at radius 2 is 2.00 bits per heavy atom. The zero-order chi connectivity index (χ0) is 19.1. The molecule has 0 aliphatic carbocycles. The lowest BCUT2D eigenvalue weighted by Crippen LogP contribution is -2.47. The van der Waals surface area contributed by atoms with Crippen LogP contribution in [0.3, 0.4) is 0 Å². The molecule has 3 rings (SSSR count). The molecule has 2 saturated heterocycles. The largest absolute Gasteiger partial charge is 0.376 e. The number of carbonyl (C=O) groups is 1. The van der Waals surface area contributed by atoms with Crippen LogP contribution in [-0.2, 0) is 26.0 Å². The molecule has 1 aromatic rings. The summed E-state index contributed by atoms with van der Waals surface area (Å²) < 4.78 is 32.4. The van der Waals surface area contributed by atoms with Crippen molar-refractivity contribution in [2.45, 2.75) is 44.6 Å². The number of nitrogens with zero attached hydrogens (tertiary/aromatic N) is 1. The van der Waals surface area contributed by atoms with Gasteiger partial charge in [-0.2, -0.15) is 0 Å². The first-order valence-electron chi connectivity index (χ1n) is 9.95. The molecule has 150 valence electrons. The van der Waals surface area contributed by atoms with Crippen molar-refractivity contribution in [3.05, 3.63) is 35.9 Å². The molecule has 2 heterocycles. The monoisotopic (exact) mass is 394 g/mol. The number of benzene rings is 1. The highest BCUT2D eigenvalue weighted by molar-refractivity contribution is 7.89. The fraction of sp³-hybridized carbons (Fsp3) is 0.650. The molecule has 1 N–H and O–H groups in total. The topological polar surface area (TPSA) is 75.7 Å². The lowest BCUT2D eigenvalue weighted by Gasteiger charge is -2.31. The Kier molecular flexibility index (Phi) is 7.26. The van der Waals surface area contributed by atoms with Crippen LogP contribution in [0, 0.1) is 5.92 Å². The number of ether oxygens (including phenoxy) is 1. The van der Waals surface area contributed by atoms with E-state index in [9.17, 15) is 13.2 Å². The van der Waals surface area contributed by atoms with Crippen molar-refractivity contribution in [1.29, 1.82) is 0 Å². The quantitative estimate of drug-likeness (QED) is 0.731. The van der Waals surface area contributed by atoms with Crippen LogP contribution < -0.4 is 5.32 Å². The molecule has 0 spiro atoms. The molecule has 2 aliphatic rings. The Bertz CT molecular complexity index is 702. The molecular weight excluding hydrogens is 364 g/mol. The van der Waals surface area contributed by atoms with E-state index >= 15 is 0 Å². The molecule has 7 heteroatoms. The molecule has 6 nitrogen and oxygen atoms in total.